The summed E-state index contributed by atoms with van der Waals surface area (Å²) in [5, 5.41) is 0. The summed E-state index contributed by atoms with van der Waals surface area (Å²) in [4.78, 5) is 1.46. The summed E-state index contributed by atoms with van der Waals surface area (Å²) in [6.07, 6.45) is 7.03. The topological polar surface area (TPSA) is 9.23 Å². The van der Waals surface area contributed by atoms with Gasteiger partial charge in [0.2, 0.25) is 0 Å². The van der Waals surface area contributed by atoms with Crippen molar-refractivity contribution in [3.8, 4) is 0 Å². The first-order chi connectivity index (χ1) is 8.93. The largest absolute Gasteiger partial charge is 0.380 e. The molecular weight excluding hydrogens is 240 g/mol. The number of ether oxygens (including phenoxy) is 1. The molecule has 2 aliphatic rings. The van der Waals surface area contributed by atoms with Gasteiger partial charge in [0.15, 0.2) is 0 Å². The number of benzene rings is 1. The fourth-order valence-corrected chi connectivity index (χ4v) is 4.33. The van der Waals surface area contributed by atoms with Gasteiger partial charge in [-0.15, -0.1) is 11.8 Å². The molecule has 1 aliphatic carbocycles. The zero-order valence-electron chi connectivity index (χ0n) is 10.9. The second-order valence-corrected chi connectivity index (χ2v) is 6.65. The van der Waals surface area contributed by atoms with Gasteiger partial charge in [-0.05, 0) is 30.4 Å². The van der Waals surface area contributed by atoms with Crippen molar-refractivity contribution < 1.29 is 4.74 Å². The highest BCUT2D eigenvalue weighted by molar-refractivity contribution is 7.99. The molecule has 0 aromatic heterocycles. The molecule has 1 aromatic carbocycles. The van der Waals surface area contributed by atoms with E-state index in [-0.39, 0.29) is 0 Å². The van der Waals surface area contributed by atoms with Gasteiger partial charge in [0, 0.05) is 23.2 Å². The summed E-state index contributed by atoms with van der Waals surface area (Å²) >= 11 is 1.98. The lowest BCUT2D eigenvalue weighted by atomic mass is 9.90. The summed E-state index contributed by atoms with van der Waals surface area (Å²) in [5.74, 6) is 2.65. The monoisotopic (exact) mass is 262 g/mol. The Morgan fingerprint density at radius 2 is 1.89 bits per heavy atom. The molecule has 1 unspecified atom stereocenters. The van der Waals surface area contributed by atoms with E-state index in [4.69, 9.17) is 4.74 Å². The third kappa shape index (κ3) is 2.92. The van der Waals surface area contributed by atoms with E-state index < -0.39 is 0 Å². The fourth-order valence-electron chi connectivity index (χ4n) is 3.10. The van der Waals surface area contributed by atoms with E-state index in [1.54, 1.807) is 0 Å². The van der Waals surface area contributed by atoms with Crippen LogP contribution in [0.2, 0.25) is 0 Å². The minimum atomic E-state index is 0.620. The van der Waals surface area contributed by atoms with Crippen molar-refractivity contribution in [2.45, 2.75) is 42.9 Å². The molecule has 0 amide bonds. The lowest BCUT2D eigenvalue weighted by Crippen LogP contribution is -2.16. The van der Waals surface area contributed by atoms with Crippen molar-refractivity contribution in [2.24, 2.45) is 5.92 Å². The quantitative estimate of drug-likeness (QED) is 0.791. The highest BCUT2D eigenvalue weighted by Crippen LogP contribution is 2.39. The molecule has 0 bridgehead atoms. The fraction of sp³-hybridized carbons (Fsp3) is 0.625. The first-order valence-electron chi connectivity index (χ1n) is 7.23. The van der Waals surface area contributed by atoms with Crippen molar-refractivity contribution >= 4 is 11.8 Å². The third-order valence-corrected chi connectivity index (χ3v) is 5.45. The lowest BCUT2D eigenvalue weighted by molar-refractivity contribution is 0.0784. The lowest BCUT2D eigenvalue weighted by Gasteiger charge is -2.22. The second kappa shape index (κ2) is 6.12. The minimum Gasteiger partial charge on any atom is -0.380 e. The van der Waals surface area contributed by atoms with Crippen LogP contribution in [0.1, 0.15) is 43.6 Å². The number of rotatable bonds is 4. The summed E-state index contributed by atoms with van der Waals surface area (Å²) in [6, 6.07) is 8.79. The highest BCUT2D eigenvalue weighted by Gasteiger charge is 2.23. The van der Waals surface area contributed by atoms with Gasteiger partial charge in [0.25, 0.3) is 0 Å². The summed E-state index contributed by atoms with van der Waals surface area (Å²) in [5.41, 5.74) is 1.51. The van der Waals surface area contributed by atoms with Gasteiger partial charge in [-0.2, -0.15) is 0 Å². The standard InChI is InChI=1S/C16H22OS/c1-2-6-13(7-3-1)10-17-11-14-12-18-16-9-5-4-8-15(14)16/h4-5,8-9,13-14H,1-3,6-7,10-12H2. The Hall–Kier alpha value is -0.470. The Labute approximate surface area is 114 Å². The molecule has 1 atom stereocenters. The van der Waals surface area contributed by atoms with E-state index in [1.807, 2.05) is 11.8 Å². The maximum Gasteiger partial charge on any atom is 0.0543 e. The molecule has 3 rings (SSSR count). The number of hydrogen-bond acceptors (Lipinski definition) is 2. The summed E-state index contributed by atoms with van der Waals surface area (Å²) in [7, 11) is 0. The van der Waals surface area contributed by atoms with Gasteiger partial charge < -0.3 is 4.74 Å². The van der Waals surface area contributed by atoms with Gasteiger partial charge in [-0.3, -0.25) is 0 Å². The minimum absolute atomic E-state index is 0.620. The molecule has 1 nitrogen and oxygen atoms in total. The van der Waals surface area contributed by atoms with Gasteiger partial charge in [-0.25, -0.2) is 0 Å². The smallest absolute Gasteiger partial charge is 0.0543 e. The Morgan fingerprint density at radius 3 is 2.78 bits per heavy atom. The first-order valence-corrected chi connectivity index (χ1v) is 8.21. The summed E-state index contributed by atoms with van der Waals surface area (Å²) < 4.78 is 6.00. The molecule has 0 spiro atoms. The van der Waals surface area contributed by atoms with E-state index in [1.165, 1.54) is 48.3 Å². The van der Waals surface area contributed by atoms with Crippen LogP contribution in [0.5, 0.6) is 0 Å². The molecule has 18 heavy (non-hydrogen) atoms. The zero-order valence-corrected chi connectivity index (χ0v) is 11.8. The van der Waals surface area contributed by atoms with E-state index in [0.29, 0.717) is 5.92 Å². The molecule has 1 saturated carbocycles. The van der Waals surface area contributed by atoms with Crippen LogP contribution in [0.3, 0.4) is 0 Å². The van der Waals surface area contributed by atoms with Crippen molar-refractivity contribution in [1.82, 2.24) is 0 Å². The van der Waals surface area contributed by atoms with Crippen LogP contribution in [-0.2, 0) is 4.74 Å². The van der Waals surface area contributed by atoms with Crippen LogP contribution in [-0.4, -0.2) is 19.0 Å². The van der Waals surface area contributed by atoms with Crippen molar-refractivity contribution in [2.75, 3.05) is 19.0 Å². The predicted octanol–water partition coefficient (Wildman–Crippen LogP) is 4.47. The van der Waals surface area contributed by atoms with Gasteiger partial charge in [0.1, 0.15) is 0 Å². The van der Waals surface area contributed by atoms with Crippen LogP contribution in [0.4, 0.5) is 0 Å². The van der Waals surface area contributed by atoms with Gasteiger partial charge >= 0.3 is 0 Å². The molecule has 1 fully saturated rings. The summed E-state index contributed by atoms with van der Waals surface area (Å²) in [6.45, 7) is 1.91. The zero-order chi connectivity index (χ0) is 12.2. The van der Waals surface area contributed by atoms with Crippen molar-refractivity contribution in [1.29, 1.82) is 0 Å². The Kier molecular flexibility index (Phi) is 4.27. The SMILES string of the molecule is c1ccc2c(c1)SCC2COCC1CCCCC1. The molecule has 98 valence electrons. The van der Waals surface area contributed by atoms with Crippen molar-refractivity contribution in [3.05, 3.63) is 29.8 Å². The number of thioether (sulfide) groups is 1. The molecule has 0 radical (unpaired) electrons. The molecule has 1 heterocycles. The first kappa shape index (κ1) is 12.6. The van der Waals surface area contributed by atoms with Gasteiger partial charge in [-0.1, -0.05) is 37.5 Å². The molecular formula is C16H22OS. The molecule has 0 N–H and O–H groups in total. The average molecular weight is 262 g/mol. The molecule has 1 aliphatic heterocycles. The molecule has 1 aromatic rings. The average Bonchev–Trinajstić information content (AvgIpc) is 2.84. The number of fused-ring (bicyclic) bond motifs is 1. The van der Waals surface area contributed by atoms with Crippen LogP contribution in [0.25, 0.3) is 0 Å². The maximum absolute atomic E-state index is 6.00. The number of hydrogen-bond donors (Lipinski definition) is 0. The highest BCUT2D eigenvalue weighted by atomic mass is 32.2. The Bertz CT molecular complexity index is 384. The van der Waals surface area contributed by atoms with Crippen LogP contribution in [0, 0.1) is 5.92 Å². The van der Waals surface area contributed by atoms with E-state index in [9.17, 15) is 0 Å². The Morgan fingerprint density at radius 1 is 1.06 bits per heavy atom. The molecule has 0 saturated heterocycles. The van der Waals surface area contributed by atoms with E-state index in [2.05, 4.69) is 24.3 Å². The second-order valence-electron chi connectivity index (χ2n) is 5.59. The Balaban J connectivity index is 1.47. The van der Waals surface area contributed by atoms with Crippen LogP contribution < -0.4 is 0 Å². The maximum atomic E-state index is 6.00. The van der Waals surface area contributed by atoms with Crippen molar-refractivity contribution in [3.63, 3.8) is 0 Å². The molecule has 2 heteroatoms. The van der Waals surface area contributed by atoms with E-state index in [0.717, 1.165) is 19.1 Å². The van der Waals surface area contributed by atoms with Gasteiger partial charge in [0.05, 0.1) is 6.61 Å². The van der Waals surface area contributed by atoms with E-state index >= 15 is 0 Å². The van der Waals surface area contributed by atoms with Crippen LogP contribution in [0.15, 0.2) is 29.2 Å². The predicted molar refractivity (Wildman–Crippen MR) is 77.3 cm³/mol. The third-order valence-electron chi connectivity index (χ3n) is 4.20. The normalized spacial score (nSPS) is 24.1. The van der Waals surface area contributed by atoms with Crippen LogP contribution >= 0.6 is 11.8 Å².